The topological polar surface area (TPSA) is 61.4 Å². The molecule has 2 N–H and O–H groups in total. The number of anilines is 1. The number of nitrogens with zero attached hydrogens (tertiary/aromatic N) is 1. The molecule has 0 bridgehead atoms. The number of nitrogens with one attached hydrogen (secondary N) is 2. The molecule has 1 fully saturated rings. The van der Waals surface area contributed by atoms with E-state index in [0.717, 1.165) is 5.69 Å². The Hall–Kier alpha value is -2.41. The minimum Gasteiger partial charge on any atom is -0.349 e. The molecule has 0 spiro atoms. The lowest BCUT2D eigenvalue weighted by molar-refractivity contribution is 0.0915. The second kappa shape index (κ2) is 8.31. The molecule has 3 amide bonds. The number of amides is 3. The Kier molecular flexibility index (Phi) is 5.88. The number of hydrogen-bond donors (Lipinski definition) is 2. The number of rotatable bonds is 3. The maximum Gasteiger partial charge on any atom is 0.321 e. The summed E-state index contributed by atoms with van der Waals surface area (Å²) in [7, 11) is 0. The Morgan fingerprint density at radius 1 is 1.08 bits per heavy atom. The van der Waals surface area contributed by atoms with Crippen molar-refractivity contribution in [3.05, 3.63) is 64.4 Å². The van der Waals surface area contributed by atoms with Crippen LogP contribution in [0.4, 0.5) is 14.9 Å². The fourth-order valence-corrected chi connectivity index (χ4v) is 3.25. The van der Waals surface area contributed by atoms with E-state index >= 15 is 0 Å². The van der Waals surface area contributed by atoms with Crippen LogP contribution in [0.3, 0.4) is 0 Å². The molecule has 5 nitrogen and oxygen atoms in total. The molecular formula is C19H19BrFN3O2. The smallest absolute Gasteiger partial charge is 0.321 e. The summed E-state index contributed by atoms with van der Waals surface area (Å²) in [5.74, 6) is -0.985. The molecule has 1 heterocycles. The molecule has 0 unspecified atom stereocenters. The van der Waals surface area contributed by atoms with Gasteiger partial charge < -0.3 is 15.5 Å². The first-order chi connectivity index (χ1) is 12.5. The highest BCUT2D eigenvalue weighted by Gasteiger charge is 2.25. The molecule has 3 rings (SSSR count). The first kappa shape index (κ1) is 18.4. The Labute approximate surface area is 159 Å². The van der Waals surface area contributed by atoms with Gasteiger partial charge in [0.25, 0.3) is 5.91 Å². The Morgan fingerprint density at radius 3 is 2.46 bits per heavy atom. The van der Waals surface area contributed by atoms with Gasteiger partial charge in [-0.05, 0) is 43.2 Å². The van der Waals surface area contributed by atoms with Gasteiger partial charge in [0, 0.05) is 29.3 Å². The summed E-state index contributed by atoms with van der Waals surface area (Å²) in [6, 6.07) is 13.3. The van der Waals surface area contributed by atoms with Crippen LogP contribution < -0.4 is 10.6 Å². The summed E-state index contributed by atoms with van der Waals surface area (Å²) in [5, 5.41) is 5.71. The Balaban J connectivity index is 1.51. The number of piperidine rings is 1. The Morgan fingerprint density at radius 2 is 1.77 bits per heavy atom. The first-order valence-corrected chi connectivity index (χ1v) is 9.19. The molecule has 136 valence electrons. The highest BCUT2D eigenvalue weighted by atomic mass is 79.9. The minimum atomic E-state index is -0.551. The Bertz CT molecular complexity index is 793. The lowest BCUT2D eigenvalue weighted by atomic mass is 10.0. The summed E-state index contributed by atoms with van der Waals surface area (Å²) >= 11 is 3.24. The zero-order chi connectivity index (χ0) is 18.5. The van der Waals surface area contributed by atoms with E-state index in [1.165, 1.54) is 12.1 Å². The molecule has 26 heavy (non-hydrogen) atoms. The summed E-state index contributed by atoms with van der Waals surface area (Å²) in [6.07, 6.45) is 1.26. The van der Waals surface area contributed by atoms with E-state index in [4.69, 9.17) is 0 Å². The third-order valence-corrected chi connectivity index (χ3v) is 4.81. The standard InChI is InChI=1S/C19H19BrFN3O2/c20-13-6-7-17(21)16(12-13)18(25)22-15-8-10-24(11-9-15)19(26)23-14-4-2-1-3-5-14/h1-7,12,15H,8-11H2,(H,22,25)(H,23,26). The van der Waals surface area contributed by atoms with Gasteiger partial charge in [0.2, 0.25) is 0 Å². The molecule has 2 aromatic carbocycles. The number of benzene rings is 2. The van der Waals surface area contributed by atoms with Crippen molar-refractivity contribution in [3.8, 4) is 0 Å². The molecule has 0 radical (unpaired) electrons. The molecule has 7 heteroatoms. The van der Waals surface area contributed by atoms with Crippen LogP contribution in [0.2, 0.25) is 0 Å². The van der Waals surface area contributed by atoms with E-state index in [0.29, 0.717) is 30.4 Å². The van der Waals surface area contributed by atoms with E-state index in [-0.39, 0.29) is 17.6 Å². The molecule has 0 atom stereocenters. The second-order valence-corrected chi connectivity index (χ2v) is 7.07. The van der Waals surface area contributed by atoms with E-state index < -0.39 is 11.7 Å². The van der Waals surface area contributed by atoms with Crippen molar-refractivity contribution in [2.24, 2.45) is 0 Å². The van der Waals surface area contributed by atoms with Gasteiger partial charge in [-0.1, -0.05) is 34.1 Å². The van der Waals surface area contributed by atoms with Crippen molar-refractivity contribution in [1.29, 1.82) is 0 Å². The van der Waals surface area contributed by atoms with Crippen LogP contribution in [0.5, 0.6) is 0 Å². The monoisotopic (exact) mass is 419 g/mol. The van der Waals surface area contributed by atoms with Crippen molar-refractivity contribution in [2.75, 3.05) is 18.4 Å². The van der Waals surface area contributed by atoms with Crippen molar-refractivity contribution < 1.29 is 14.0 Å². The van der Waals surface area contributed by atoms with Gasteiger partial charge in [0.1, 0.15) is 5.82 Å². The molecule has 1 aliphatic heterocycles. The largest absolute Gasteiger partial charge is 0.349 e. The van der Waals surface area contributed by atoms with Crippen LogP contribution in [-0.4, -0.2) is 36.0 Å². The number of halogens is 2. The highest BCUT2D eigenvalue weighted by Crippen LogP contribution is 2.17. The maximum absolute atomic E-state index is 13.8. The van der Waals surface area contributed by atoms with Gasteiger partial charge >= 0.3 is 6.03 Å². The van der Waals surface area contributed by atoms with Crippen LogP contribution in [0.1, 0.15) is 23.2 Å². The summed E-state index contributed by atoms with van der Waals surface area (Å²) in [4.78, 5) is 26.3. The normalized spacial score (nSPS) is 14.8. The number of urea groups is 1. The van der Waals surface area contributed by atoms with Crippen molar-refractivity contribution in [1.82, 2.24) is 10.2 Å². The average Bonchev–Trinajstić information content (AvgIpc) is 2.65. The SMILES string of the molecule is O=C(NC1CCN(C(=O)Nc2ccccc2)CC1)c1cc(Br)ccc1F. The van der Waals surface area contributed by atoms with Crippen LogP contribution in [0.15, 0.2) is 53.0 Å². The molecule has 1 aliphatic rings. The molecule has 0 aliphatic carbocycles. The summed E-state index contributed by atoms with van der Waals surface area (Å²) in [6.45, 7) is 1.06. The predicted molar refractivity (Wildman–Crippen MR) is 102 cm³/mol. The fraction of sp³-hybridized carbons (Fsp3) is 0.263. The number of carbonyl (C=O) groups excluding carboxylic acids is 2. The number of hydrogen-bond acceptors (Lipinski definition) is 2. The quantitative estimate of drug-likeness (QED) is 0.788. The third kappa shape index (κ3) is 4.60. The fourth-order valence-electron chi connectivity index (χ4n) is 2.89. The maximum atomic E-state index is 13.8. The van der Waals surface area contributed by atoms with Gasteiger partial charge in [0.05, 0.1) is 5.56 Å². The van der Waals surface area contributed by atoms with Crippen molar-refractivity contribution in [3.63, 3.8) is 0 Å². The van der Waals surface area contributed by atoms with Gasteiger partial charge in [-0.2, -0.15) is 0 Å². The van der Waals surface area contributed by atoms with Crippen molar-refractivity contribution in [2.45, 2.75) is 18.9 Å². The van der Waals surface area contributed by atoms with Crippen molar-refractivity contribution >= 4 is 33.6 Å². The van der Waals surface area contributed by atoms with Crippen LogP contribution >= 0.6 is 15.9 Å². The number of likely N-dealkylation sites (tertiary alicyclic amines) is 1. The van der Waals surface area contributed by atoms with Gasteiger partial charge in [-0.3, -0.25) is 4.79 Å². The number of para-hydroxylation sites is 1. The second-order valence-electron chi connectivity index (χ2n) is 6.16. The number of carbonyl (C=O) groups is 2. The van der Waals surface area contributed by atoms with Gasteiger partial charge in [0.15, 0.2) is 0 Å². The average molecular weight is 420 g/mol. The zero-order valence-electron chi connectivity index (χ0n) is 14.0. The molecule has 0 saturated carbocycles. The van der Waals surface area contributed by atoms with E-state index in [1.54, 1.807) is 11.0 Å². The zero-order valence-corrected chi connectivity index (χ0v) is 15.6. The molecule has 0 aromatic heterocycles. The van der Waals surface area contributed by atoms with Crippen LogP contribution in [0, 0.1) is 5.82 Å². The lowest BCUT2D eigenvalue weighted by Crippen LogP contribution is -2.47. The van der Waals surface area contributed by atoms with Crippen LogP contribution in [-0.2, 0) is 0 Å². The summed E-state index contributed by atoms with van der Waals surface area (Å²) < 4.78 is 14.5. The van der Waals surface area contributed by atoms with Crippen LogP contribution in [0.25, 0.3) is 0 Å². The summed E-state index contributed by atoms with van der Waals surface area (Å²) in [5.41, 5.74) is 0.765. The molecular weight excluding hydrogens is 401 g/mol. The third-order valence-electron chi connectivity index (χ3n) is 4.32. The van der Waals surface area contributed by atoms with E-state index in [2.05, 4.69) is 26.6 Å². The molecule has 2 aromatic rings. The first-order valence-electron chi connectivity index (χ1n) is 8.40. The lowest BCUT2D eigenvalue weighted by Gasteiger charge is -2.32. The van der Waals surface area contributed by atoms with E-state index in [9.17, 15) is 14.0 Å². The predicted octanol–water partition coefficient (Wildman–Crippen LogP) is 4.01. The van der Waals surface area contributed by atoms with Gasteiger partial charge in [-0.15, -0.1) is 0 Å². The highest BCUT2D eigenvalue weighted by molar-refractivity contribution is 9.10. The van der Waals surface area contributed by atoms with Gasteiger partial charge in [-0.25, -0.2) is 9.18 Å². The van der Waals surface area contributed by atoms with E-state index in [1.807, 2.05) is 30.3 Å². The molecule has 1 saturated heterocycles. The minimum absolute atomic E-state index is 0.0172.